The minimum Gasteiger partial charge on any atom is -0.458 e. The molecule has 0 N–H and O–H groups in total. The van der Waals surface area contributed by atoms with Crippen molar-refractivity contribution in [3.8, 4) is 0 Å². The zero-order valence-electron chi connectivity index (χ0n) is 21.8. The summed E-state index contributed by atoms with van der Waals surface area (Å²) < 4.78 is 23.0. The molecule has 1 unspecified atom stereocenters. The molecule has 7 atom stereocenters. The Morgan fingerprint density at radius 2 is 1.78 bits per heavy atom. The van der Waals surface area contributed by atoms with Crippen LogP contribution in [0.2, 0.25) is 0 Å². The molecule has 1 spiro atoms. The first kappa shape index (κ1) is 24.9. The van der Waals surface area contributed by atoms with Crippen LogP contribution in [0.4, 0.5) is 0 Å². The number of epoxide rings is 1. The van der Waals surface area contributed by atoms with E-state index in [9.17, 15) is 19.2 Å². The second-order valence-electron chi connectivity index (χ2n) is 11.4. The van der Waals surface area contributed by atoms with E-state index >= 15 is 0 Å². The van der Waals surface area contributed by atoms with E-state index in [1.165, 1.54) is 20.8 Å². The highest BCUT2D eigenvalue weighted by molar-refractivity contribution is 5.93. The molecular formula is C28H34O8. The molecule has 0 bridgehead atoms. The molecule has 36 heavy (non-hydrogen) atoms. The maximum Gasteiger partial charge on any atom is 0.308 e. The van der Waals surface area contributed by atoms with Gasteiger partial charge in [0, 0.05) is 31.6 Å². The number of rotatable bonds is 5. The molecule has 0 aromatic heterocycles. The van der Waals surface area contributed by atoms with Gasteiger partial charge in [-0.05, 0) is 68.6 Å². The first-order chi connectivity index (χ1) is 16.8. The second-order valence-corrected chi connectivity index (χ2v) is 11.4. The largest absolute Gasteiger partial charge is 0.458 e. The van der Waals surface area contributed by atoms with Crippen molar-refractivity contribution < 1.29 is 38.1 Å². The summed E-state index contributed by atoms with van der Waals surface area (Å²) in [6, 6.07) is 0. The molecule has 5 rings (SSSR count). The van der Waals surface area contributed by atoms with Gasteiger partial charge in [0.05, 0.1) is 6.10 Å². The third kappa shape index (κ3) is 3.15. The lowest BCUT2D eigenvalue weighted by molar-refractivity contribution is -0.187. The number of ketones is 1. The number of hydrogen-bond donors (Lipinski definition) is 0. The molecule has 1 saturated heterocycles. The van der Waals surface area contributed by atoms with Gasteiger partial charge < -0.3 is 18.9 Å². The summed E-state index contributed by atoms with van der Waals surface area (Å²) in [6.45, 7) is 9.71. The quantitative estimate of drug-likeness (QED) is 0.320. The second kappa shape index (κ2) is 7.88. The Morgan fingerprint density at radius 3 is 2.42 bits per heavy atom. The van der Waals surface area contributed by atoms with E-state index in [0.29, 0.717) is 25.0 Å². The van der Waals surface area contributed by atoms with Crippen LogP contribution in [0.5, 0.6) is 0 Å². The Hall–Kier alpha value is -2.74. The smallest absolute Gasteiger partial charge is 0.308 e. The summed E-state index contributed by atoms with van der Waals surface area (Å²) in [5.41, 5.74) is -0.903. The van der Waals surface area contributed by atoms with Gasteiger partial charge in [0.1, 0.15) is 11.4 Å². The number of Topliss-reactive ketones (excluding diaryl/α,β-unsaturated/α-hetero) is 1. The predicted octanol–water partition coefficient (Wildman–Crippen LogP) is 3.74. The highest BCUT2D eigenvalue weighted by Gasteiger charge is 2.81. The van der Waals surface area contributed by atoms with E-state index < -0.39 is 40.6 Å². The molecule has 3 fully saturated rings. The number of ether oxygens (including phenoxy) is 4. The maximum absolute atomic E-state index is 13.5. The molecule has 8 heteroatoms. The predicted molar refractivity (Wildman–Crippen MR) is 127 cm³/mol. The third-order valence-corrected chi connectivity index (χ3v) is 9.56. The lowest BCUT2D eigenvalue weighted by Crippen LogP contribution is -2.62. The fraction of sp³-hybridized carbons (Fsp3) is 0.643. The molecule has 0 radical (unpaired) electrons. The minimum absolute atomic E-state index is 0.0686. The van der Waals surface area contributed by atoms with Crippen LogP contribution >= 0.6 is 0 Å². The summed E-state index contributed by atoms with van der Waals surface area (Å²) in [7, 11) is 0. The Balaban J connectivity index is 1.53. The fourth-order valence-electron chi connectivity index (χ4n) is 8.14. The Bertz CT molecular complexity index is 1160. The first-order valence-electron chi connectivity index (χ1n) is 12.7. The monoisotopic (exact) mass is 498 g/mol. The standard InChI is InChI=1S/C28H34O8/c1-15-12-25(5)19(11-22(15)34-17(3)30)7-8-21-20-9-10-27(35-18(4)31,23(32)14-33-16(2)29)26(20,6)13-24-28(21,25)36-24/h7,11-12,20-21,24H,8-10,13-14H2,1-6H3/t20-,21-,24?,25-,26-,27-,28-/m0/s1. The normalized spacial score (nSPS) is 41.7. The lowest BCUT2D eigenvalue weighted by atomic mass is 9.47. The van der Waals surface area contributed by atoms with Gasteiger partial charge in [-0.2, -0.15) is 0 Å². The van der Waals surface area contributed by atoms with E-state index in [4.69, 9.17) is 18.9 Å². The van der Waals surface area contributed by atoms with Crippen LogP contribution in [-0.2, 0) is 38.1 Å². The van der Waals surface area contributed by atoms with Crippen LogP contribution < -0.4 is 0 Å². The molecule has 8 nitrogen and oxygen atoms in total. The van der Waals surface area contributed by atoms with E-state index in [0.717, 1.165) is 17.6 Å². The van der Waals surface area contributed by atoms with Crippen LogP contribution in [-0.4, -0.2) is 47.6 Å². The number of esters is 3. The molecule has 1 heterocycles. The summed E-state index contributed by atoms with van der Waals surface area (Å²) >= 11 is 0. The molecule has 5 aliphatic rings. The number of carbonyl (C=O) groups excluding carboxylic acids is 4. The van der Waals surface area contributed by atoms with E-state index in [1.54, 1.807) is 0 Å². The molecular weight excluding hydrogens is 464 g/mol. The van der Waals surface area contributed by atoms with Gasteiger partial charge in [0.15, 0.2) is 12.2 Å². The van der Waals surface area contributed by atoms with Crippen molar-refractivity contribution in [2.45, 2.75) is 84.5 Å². The van der Waals surface area contributed by atoms with Crippen molar-refractivity contribution in [1.29, 1.82) is 0 Å². The summed E-state index contributed by atoms with van der Waals surface area (Å²) in [4.78, 5) is 48.8. The number of carbonyl (C=O) groups is 4. The van der Waals surface area contributed by atoms with Gasteiger partial charge in [-0.3, -0.25) is 19.2 Å². The van der Waals surface area contributed by atoms with Crippen molar-refractivity contribution >= 4 is 23.7 Å². The molecule has 0 aromatic rings. The summed E-state index contributed by atoms with van der Waals surface area (Å²) in [6.07, 6.45) is 8.58. The van der Waals surface area contributed by atoms with Gasteiger partial charge in [0.25, 0.3) is 0 Å². The van der Waals surface area contributed by atoms with Crippen LogP contribution in [0, 0.1) is 22.7 Å². The van der Waals surface area contributed by atoms with E-state index in [-0.39, 0.29) is 29.7 Å². The van der Waals surface area contributed by atoms with Gasteiger partial charge in [-0.1, -0.05) is 19.1 Å². The van der Waals surface area contributed by atoms with Crippen molar-refractivity contribution in [1.82, 2.24) is 0 Å². The average Bonchev–Trinajstić information content (AvgIpc) is 3.42. The average molecular weight is 499 g/mol. The van der Waals surface area contributed by atoms with Crippen LogP contribution in [0.15, 0.2) is 35.1 Å². The van der Waals surface area contributed by atoms with Crippen LogP contribution in [0.25, 0.3) is 0 Å². The number of allylic oxidation sites excluding steroid dienone is 3. The third-order valence-electron chi connectivity index (χ3n) is 9.56. The maximum atomic E-state index is 13.5. The van der Waals surface area contributed by atoms with Gasteiger partial charge in [-0.15, -0.1) is 0 Å². The Labute approximate surface area is 211 Å². The van der Waals surface area contributed by atoms with Crippen LogP contribution in [0.3, 0.4) is 0 Å². The molecule has 2 saturated carbocycles. The molecule has 194 valence electrons. The molecule has 4 aliphatic carbocycles. The van der Waals surface area contributed by atoms with Gasteiger partial charge in [0.2, 0.25) is 5.78 Å². The SMILES string of the molecule is CC(=O)OCC(=O)[C@@]1(OC(C)=O)CC[C@H]2[C@@H]3CC=C4C=C(OC(C)=O)C(C)=C[C@]4(C)[C@]34OC4C[C@@]21C. The first-order valence-corrected chi connectivity index (χ1v) is 12.7. The van der Waals surface area contributed by atoms with E-state index in [1.807, 2.05) is 19.9 Å². The summed E-state index contributed by atoms with van der Waals surface area (Å²) in [5, 5.41) is 0. The van der Waals surface area contributed by atoms with Crippen molar-refractivity contribution in [3.05, 3.63) is 35.1 Å². The molecule has 0 amide bonds. The van der Waals surface area contributed by atoms with Crippen LogP contribution in [0.1, 0.15) is 67.2 Å². The van der Waals surface area contributed by atoms with E-state index in [2.05, 4.69) is 19.1 Å². The zero-order chi connectivity index (χ0) is 26.3. The Kier molecular flexibility index (Phi) is 5.46. The van der Waals surface area contributed by atoms with Crippen molar-refractivity contribution in [2.24, 2.45) is 22.7 Å². The summed E-state index contributed by atoms with van der Waals surface area (Å²) in [5.74, 6) is -1.05. The topological polar surface area (TPSA) is 109 Å². The molecule has 0 aromatic carbocycles. The van der Waals surface area contributed by atoms with Gasteiger partial charge >= 0.3 is 17.9 Å². The molecule has 1 aliphatic heterocycles. The van der Waals surface area contributed by atoms with Gasteiger partial charge in [-0.25, -0.2) is 0 Å². The highest BCUT2D eigenvalue weighted by Crippen LogP contribution is 2.75. The number of hydrogen-bond acceptors (Lipinski definition) is 8. The van der Waals surface area contributed by atoms with Crippen molar-refractivity contribution in [2.75, 3.05) is 6.61 Å². The Morgan fingerprint density at radius 1 is 1.06 bits per heavy atom. The lowest BCUT2D eigenvalue weighted by Gasteiger charge is -2.55. The number of fused-ring (bicyclic) bond motifs is 3. The zero-order valence-corrected chi connectivity index (χ0v) is 21.8. The van der Waals surface area contributed by atoms with Crippen molar-refractivity contribution in [3.63, 3.8) is 0 Å². The highest BCUT2D eigenvalue weighted by atomic mass is 16.6. The minimum atomic E-state index is -1.36. The fourth-order valence-corrected chi connectivity index (χ4v) is 8.14.